The van der Waals surface area contributed by atoms with E-state index in [-0.39, 0.29) is 5.91 Å². The van der Waals surface area contributed by atoms with Gasteiger partial charge in [0.1, 0.15) is 11.5 Å². The van der Waals surface area contributed by atoms with Crippen molar-refractivity contribution in [3.05, 3.63) is 18.1 Å². The minimum Gasteiger partial charge on any atom is -0.382 e. The lowest BCUT2D eigenvalue weighted by Gasteiger charge is -2.31. The van der Waals surface area contributed by atoms with Crippen LogP contribution in [-0.2, 0) is 0 Å². The molecule has 0 atom stereocenters. The first-order chi connectivity index (χ1) is 9.06. The van der Waals surface area contributed by atoms with Crippen LogP contribution in [0, 0.1) is 5.92 Å². The smallest absolute Gasteiger partial charge is 0.273 e. The maximum atomic E-state index is 12.2. The van der Waals surface area contributed by atoms with Gasteiger partial charge in [-0.05, 0) is 38.9 Å². The van der Waals surface area contributed by atoms with E-state index < -0.39 is 0 Å². The third-order valence-electron chi connectivity index (χ3n) is 3.61. The second-order valence-corrected chi connectivity index (χ2v) is 5.26. The van der Waals surface area contributed by atoms with Crippen LogP contribution in [0.3, 0.4) is 0 Å². The van der Waals surface area contributed by atoms with Crippen molar-refractivity contribution in [1.29, 1.82) is 0 Å². The number of likely N-dealkylation sites (tertiary alicyclic amines) is 1. The zero-order valence-electron chi connectivity index (χ0n) is 11.5. The van der Waals surface area contributed by atoms with E-state index in [1.807, 2.05) is 7.05 Å². The maximum Gasteiger partial charge on any atom is 0.273 e. The Bertz CT molecular complexity index is 425. The van der Waals surface area contributed by atoms with Crippen LogP contribution in [-0.4, -0.2) is 59.4 Å². The molecule has 0 aliphatic carbocycles. The van der Waals surface area contributed by atoms with Gasteiger partial charge in [0.25, 0.3) is 5.91 Å². The number of anilines is 1. The normalized spacial score (nSPS) is 17.4. The molecule has 19 heavy (non-hydrogen) atoms. The summed E-state index contributed by atoms with van der Waals surface area (Å²) in [5, 5.41) is 0. The van der Waals surface area contributed by atoms with Gasteiger partial charge < -0.3 is 15.5 Å². The van der Waals surface area contributed by atoms with Crippen molar-refractivity contribution in [2.45, 2.75) is 12.8 Å². The minimum absolute atomic E-state index is 0.0913. The van der Waals surface area contributed by atoms with Gasteiger partial charge in [-0.15, -0.1) is 0 Å². The van der Waals surface area contributed by atoms with Gasteiger partial charge in [0, 0.05) is 13.6 Å². The average Bonchev–Trinajstić information content (AvgIpc) is 2.41. The highest BCUT2D eigenvalue weighted by molar-refractivity contribution is 5.91. The third-order valence-corrected chi connectivity index (χ3v) is 3.61. The van der Waals surface area contributed by atoms with E-state index in [2.05, 4.69) is 21.9 Å². The molecule has 1 aromatic rings. The number of carbonyl (C=O) groups is 1. The van der Waals surface area contributed by atoms with Gasteiger partial charge in [-0.2, -0.15) is 0 Å². The molecule has 0 saturated carbocycles. The molecule has 0 bridgehead atoms. The van der Waals surface area contributed by atoms with E-state index >= 15 is 0 Å². The standard InChI is InChI=1S/C13H21N5O/c1-17-5-3-10(4-6-17)9-18(2)13(19)11-7-16-12(14)8-15-11/h7-8,10H,3-6,9H2,1-2H3,(H2,14,16). The molecule has 1 aliphatic rings. The Balaban J connectivity index is 1.90. The Morgan fingerprint density at radius 2 is 2.11 bits per heavy atom. The van der Waals surface area contributed by atoms with Crippen molar-refractivity contribution in [3.63, 3.8) is 0 Å². The van der Waals surface area contributed by atoms with E-state index in [4.69, 9.17) is 5.73 Å². The number of piperidine rings is 1. The number of nitrogens with two attached hydrogens (primary N) is 1. The number of nitrogens with zero attached hydrogens (tertiary/aromatic N) is 4. The monoisotopic (exact) mass is 263 g/mol. The van der Waals surface area contributed by atoms with Gasteiger partial charge in [-0.1, -0.05) is 0 Å². The van der Waals surface area contributed by atoms with Crippen molar-refractivity contribution in [1.82, 2.24) is 19.8 Å². The van der Waals surface area contributed by atoms with Gasteiger partial charge in [0.2, 0.25) is 0 Å². The van der Waals surface area contributed by atoms with Crippen LogP contribution in [0.1, 0.15) is 23.3 Å². The zero-order valence-corrected chi connectivity index (χ0v) is 11.5. The molecular formula is C13H21N5O. The number of hydrogen-bond acceptors (Lipinski definition) is 5. The predicted octanol–water partition coefficient (Wildman–Crippen LogP) is 0.473. The molecule has 6 heteroatoms. The van der Waals surface area contributed by atoms with Crippen LogP contribution in [0.4, 0.5) is 5.82 Å². The summed E-state index contributed by atoms with van der Waals surface area (Å²) in [5.74, 6) is 0.813. The summed E-state index contributed by atoms with van der Waals surface area (Å²) in [6.45, 7) is 2.99. The first-order valence-corrected chi connectivity index (χ1v) is 6.58. The molecule has 0 spiro atoms. The van der Waals surface area contributed by atoms with Crippen LogP contribution >= 0.6 is 0 Å². The van der Waals surface area contributed by atoms with Crippen LogP contribution in [0.15, 0.2) is 12.4 Å². The van der Waals surface area contributed by atoms with Gasteiger partial charge >= 0.3 is 0 Å². The fourth-order valence-corrected chi connectivity index (χ4v) is 2.36. The molecule has 1 saturated heterocycles. The fourth-order valence-electron chi connectivity index (χ4n) is 2.36. The first-order valence-electron chi connectivity index (χ1n) is 6.58. The third kappa shape index (κ3) is 3.64. The molecule has 2 rings (SSSR count). The molecule has 1 amide bonds. The van der Waals surface area contributed by atoms with Crippen molar-refractivity contribution in [3.8, 4) is 0 Å². The summed E-state index contributed by atoms with van der Waals surface area (Å²) in [4.78, 5) is 24.1. The summed E-state index contributed by atoms with van der Waals surface area (Å²) in [7, 11) is 3.95. The fraction of sp³-hybridized carbons (Fsp3) is 0.615. The average molecular weight is 263 g/mol. The Labute approximate surface area is 113 Å². The number of nitrogen functional groups attached to an aromatic ring is 1. The second-order valence-electron chi connectivity index (χ2n) is 5.26. The molecule has 6 nitrogen and oxygen atoms in total. The lowest BCUT2D eigenvalue weighted by molar-refractivity contribution is 0.0741. The van der Waals surface area contributed by atoms with Crippen molar-refractivity contribution in [2.24, 2.45) is 5.92 Å². The molecule has 2 heterocycles. The van der Waals surface area contributed by atoms with E-state index in [0.717, 1.165) is 32.5 Å². The summed E-state index contributed by atoms with van der Waals surface area (Å²) >= 11 is 0. The lowest BCUT2D eigenvalue weighted by atomic mass is 9.96. The van der Waals surface area contributed by atoms with Gasteiger partial charge in [-0.3, -0.25) is 4.79 Å². The highest BCUT2D eigenvalue weighted by Crippen LogP contribution is 2.17. The molecule has 0 aromatic carbocycles. The zero-order chi connectivity index (χ0) is 13.8. The Morgan fingerprint density at radius 3 is 2.68 bits per heavy atom. The highest BCUT2D eigenvalue weighted by atomic mass is 16.2. The number of amides is 1. The quantitative estimate of drug-likeness (QED) is 0.858. The maximum absolute atomic E-state index is 12.2. The van der Waals surface area contributed by atoms with Crippen LogP contribution in [0.5, 0.6) is 0 Å². The Hall–Kier alpha value is -1.69. The van der Waals surface area contributed by atoms with Crippen LogP contribution in [0.2, 0.25) is 0 Å². The molecular weight excluding hydrogens is 242 g/mol. The van der Waals surface area contributed by atoms with Crippen molar-refractivity contribution < 1.29 is 4.79 Å². The van der Waals surface area contributed by atoms with Crippen LogP contribution < -0.4 is 5.73 Å². The lowest BCUT2D eigenvalue weighted by Crippen LogP contribution is -2.38. The van der Waals surface area contributed by atoms with Crippen LogP contribution in [0.25, 0.3) is 0 Å². The van der Waals surface area contributed by atoms with Crippen molar-refractivity contribution >= 4 is 11.7 Å². The topological polar surface area (TPSA) is 75.3 Å². The molecule has 1 aromatic heterocycles. The van der Waals surface area contributed by atoms with Crippen molar-refractivity contribution in [2.75, 3.05) is 39.5 Å². The SMILES string of the molecule is CN1CCC(CN(C)C(=O)c2cnc(N)cn2)CC1. The molecule has 1 fully saturated rings. The molecule has 104 valence electrons. The number of aromatic nitrogens is 2. The minimum atomic E-state index is -0.0913. The summed E-state index contributed by atoms with van der Waals surface area (Å²) < 4.78 is 0. The molecule has 1 aliphatic heterocycles. The highest BCUT2D eigenvalue weighted by Gasteiger charge is 2.21. The summed E-state index contributed by atoms with van der Waals surface area (Å²) in [6.07, 6.45) is 5.13. The van der Waals surface area contributed by atoms with E-state index in [0.29, 0.717) is 17.4 Å². The molecule has 0 unspecified atom stereocenters. The molecule has 2 N–H and O–H groups in total. The number of hydrogen-bond donors (Lipinski definition) is 1. The summed E-state index contributed by atoms with van der Waals surface area (Å²) in [6, 6.07) is 0. The molecule has 0 radical (unpaired) electrons. The van der Waals surface area contributed by atoms with Gasteiger partial charge in [0.05, 0.1) is 12.4 Å². The summed E-state index contributed by atoms with van der Waals surface area (Å²) in [5.41, 5.74) is 5.81. The largest absolute Gasteiger partial charge is 0.382 e. The van der Waals surface area contributed by atoms with E-state index in [1.165, 1.54) is 12.4 Å². The number of rotatable bonds is 3. The first kappa shape index (κ1) is 13.7. The predicted molar refractivity (Wildman–Crippen MR) is 73.6 cm³/mol. The second kappa shape index (κ2) is 5.97. The van der Waals surface area contributed by atoms with E-state index in [1.54, 1.807) is 4.90 Å². The Morgan fingerprint density at radius 1 is 1.42 bits per heavy atom. The Kier molecular flexibility index (Phi) is 4.31. The van der Waals surface area contributed by atoms with Gasteiger partial charge in [0.15, 0.2) is 0 Å². The van der Waals surface area contributed by atoms with E-state index in [9.17, 15) is 4.79 Å². The van der Waals surface area contributed by atoms with Gasteiger partial charge in [-0.25, -0.2) is 9.97 Å². The number of carbonyl (C=O) groups excluding carboxylic acids is 1.